The van der Waals surface area contributed by atoms with Crippen LogP contribution in [0.15, 0.2) is 64.4 Å². The number of fused-ring (bicyclic) bond motifs is 1. The Balaban J connectivity index is 1.67. The molecule has 0 atom stereocenters. The van der Waals surface area contributed by atoms with Crippen LogP contribution in [0.4, 0.5) is 0 Å². The molecule has 0 spiro atoms. The van der Waals surface area contributed by atoms with Crippen molar-refractivity contribution >= 4 is 26.8 Å². The fourth-order valence-electron chi connectivity index (χ4n) is 4.04. The van der Waals surface area contributed by atoms with Crippen molar-refractivity contribution in [3.63, 3.8) is 0 Å². The van der Waals surface area contributed by atoms with Crippen molar-refractivity contribution < 1.29 is 13.2 Å². The van der Waals surface area contributed by atoms with Crippen molar-refractivity contribution in [2.75, 3.05) is 13.1 Å². The summed E-state index contributed by atoms with van der Waals surface area (Å²) >= 11 is 0. The van der Waals surface area contributed by atoms with Gasteiger partial charge in [0.05, 0.1) is 10.4 Å². The lowest BCUT2D eigenvalue weighted by Gasteiger charge is -2.29. The van der Waals surface area contributed by atoms with Gasteiger partial charge in [0.1, 0.15) is 5.56 Å². The van der Waals surface area contributed by atoms with Gasteiger partial charge in [-0.3, -0.25) is 9.59 Å². The van der Waals surface area contributed by atoms with E-state index < -0.39 is 21.4 Å². The lowest BCUT2D eigenvalue weighted by atomic mass is 10.0. The normalized spacial score (nSPS) is 15.7. The van der Waals surface area contributed by atoms with Gasteiger partial charge in [-0.05, 0) is 42.5 Å². The molecule has 8 heteroatoms. The Bertz CT molecular complexity index is 1310. The van der Waals surface area contributed by atoms with Crippen molar-refractivity contribution in [2.45, 2.75) is 31.2 Å². The second-order valence-corrected chi connectivity index (χ2v) is 10.4. The number of aromatic nitrogens is 1. The molecule has 7 nitrogen and oxygen atoms in total. The van der Waals surface area contributed by atoms with Gasteiger partial charge in [-0.15, -0.1) is 0 Å². The Morgan fingerprint density at radius 1 is 1.09 bits per heavy atom. The van der Waals surface area contributed by atoms with Crippen LogP contribution in [0, 0.1) is 5.92 Å². The number of hydrogen-bond acceptors (Lipinski definition) is 4. The van der Waals surface area contributed by atoms with E-state index in [0.717, 1.165) is 18.4 Å². The van der Waals surface area contributed by atoms with Crippen LogP contribution in [-0.4, -0.2) is 36.3 Å². The number of nitrogens with one attached hydrogen (secondary N) is 1. The molecule has 2 aromatic carbocycles. The maximum absolute atomic E-state index is 13.1. The number of aryl methyl sites for hydroxylation is 1. The summed E-state index contributed by atoms with van der Waals surface area (Å²) in [5.41, 5.74) is 0.994. The highest BCUT2D eigenvalue weighted by Crippen LogP contribution is 2.25. The molecule has 2 heterocycles. The minimum absolute atomic E-state index is 0.0164. The number of benzene rings is 2. The molecule has 1 aliphatic heterocycles. The van der Waals surface area contributed by atoms with Crippen LogP contribution in [-0.2, 0) is 23.6 Å². The second-order valence-electron chi connectivity index (χ2n) is 8.42. The van der Waals surface area contributed by atoms with Crippen LogP contribution >= 0.6 is 0 Å². The van der Waals surface area contributed by atoms with E-state index >= 15 is 0 Å². The van der Waals surface area contributed by atoms with Gasteiger partial charge in [-0.1, -0.05) is 37.3 Å². The topological polar surface area (TPSA) is 88.5 Å². The fraction of sp³-hybridized carbons (Fsp3) is 0.333. The summed E-state index contributed by atoms with van der Waals surface area (Å²) in [6.45, 7) is 3.36. The lowest BCUT2D eigenvalue weighted by Crippen LogP contribution is -2.38. The van der Waals surface area contributed by atoms with E-state index in [0.29, 0.717) is 31.1 Å². The highest BCUT2D eigenvalue weighted by atomic mass is 32.2. The highest BCUT2D eigenvalue weighted by molar-refractivity contribution is 7.89. The molecule has 0 bridgehead atoms. The molecule has 0 saturated carbocycles. The summed E-state index contributed by atoms with van der Waals surface area (Å²) in [6, 6.07) is 14.0. The molecule has 1 amide bonds. The second kappa shape index (κ2) is 8.88. The van der Waals surface area contributed by atoms with Crippen LogP contribution in [0.5, 0.6) is 0 Å². The van der Waals surface area contributed by atoms with Gasteiger partial charge in [0.2, 0.25) is 15.5 Å². The third-order valence-electron chi connectivity index (χ3n) is 6.08. The Morgan fingerprint density at radius 2 is 1.78 bits per heavy atom. The molecule has 1 aliphatic rings. The van der Waals surface area contributed by atoms with Gasteiger partial charge in [0.25, 0.3) is 5.91 Å². The maximum atomic E-state index is 13.1. The molecule has 1 aromatic heterocycles. The molecule has 32 heavy (non-hydrogen) atoms. The average molecular weight is 454 g/mol. The van der Waals surface area contributed by atoms with E-state index in [2.05, 4.69) is 12.2 Å². The number of amides is 1. The quantitative estimate of drug-likeness (QED) is 0.643. The monoisotopic (exact) mass is 453 g/mol. The van der Waals surface area contributed by atoms with E-state index in [9.17, 15) is 18.0 Å². The Morgan fingerprint density at radius 3 is 2.47 bits per heavy atom. The molecule has 4 rings (SSSR count). The van der Waals surface area contributed by atoms with Crippen LogP contribution in [0.1, 0.15) is 35.7 Å². The summed E-state index contributed by atoms with van der Waals surface area (Å²) in [6.07, 6.45) is 3.13. The number of sulfonamides is 1. The molecule has 1 saturated heterocycles. The van der Waals surface area contributed by atoms with Crippen LogP contribution in [0.2, 0.25) is 0 Å². The summed E-state index contributed by atoms with van der Waals surface area (Å²) in [4.78, 5) is 26.0. The number of carbonyl (C=O) groups excluding carboxylic acids is 1. The van der Waals surface area contributed by atoms with E-state index in [1.54, 1.807) is 17.7 Å². The van der Waals surface area contributed by atoms with Gasteiger partial charge < -0.3 is 9.88 Å². The molecular formula is C24H27N3O4S. The van der Waals surface area contributed by atoms with Crippen molar-refractivity contribution in [3.8, 4) is 0 Å². The number of piperidine rings is 1. The van der Waals surface area contributed by atoms with Gasteiger partial charge in [-0.2, -0.15) is 4.31 Å². The molecule has 0 aliphatic carbocycles. The maximum Gasteiger partial charge on any atom is 0.257 e. The minimum atomic E-state index is -3.70. The standard InChI is InChI=1S/C24H27N3O4S/c1-17-10-12-27(13-11-17)32(30,31)19-8-9-22-20(14-19)23(28)21(16-26(22)2)24(29)25-15-18-6-4-3-5-7-18/h3-9,14,16-17H,10-13,15H2,1-2H3,(H,25,29). The zero-order chi connectivity index (χ0) is 22.9. The van der Waals surface area contributed by atoms with Crippen molar-refractivity contribution in [3.05, 3.63) is 76.1 Å². The van der Waals surface area contributed by atoms with E-state index in [4.69, 9.17) is 0 Å². The van der Waals surface area contributed by atoms with Crippen LogP contribution in [0.25, 0.3) is 10.9 Å². The number of hydrogen-bond donors (Lipinski definition) is 1. The Hall–Kier alpha value is -2.97. The van der Waals surface area contributed by atoms with Crippen LogP contribution < -0.4 is 10.7 Å². The smallest absolute Gasteiger partial charge is 0.257 e. The predicted octanol–water partition coefficient (Wildman–Crippen LogP) is 2.89. The first-order chi connectivity index (χ1) is 15.3. The molecule has 0 radical (unpaired) electrons. The Labute approximate surface area is 187 Å². The fourth-order valence-corrected chi connectivity index (χ4v) is 5.54. The molecule has 1 fully saturated rings. The predicted molar refractivity (Wildman–Crippen MR) is 124 cm³/mol. The van der Waals surface area contributed by atoms with E-state index in [1.165, 1.54) is 22.6 Å². The van der Waals surface area contributed by atoms with Gasteiger partial charge in [0.15, 0.2) is 0 Å². The van der Waals surface area contributed by atoms with Gasteiger partial charge in [-0.25, -0.2) is 8.42 Å². The summed E-state index contributed by atoms with van der Waals surface area (Å²) in [5.74, 6) is 0.0111. The van der Waals surface area contributed by atoms with Crippen LogP contribution in [0.3, 0.4) is 0 Å². The SMILES string of the molecule is CC1CCN(S(=O)(=O)c2ccc3c(c2)c(=O)c(C(=O)NCc2ccccc2)cn3C)CC1. The number of nitrogens with zero attached hydrogens (tertiary/aromatic N) is 2. The summed E-state index contributed by atoms with van der Waals surface area (Å²) in [7, 11) is -1.97. The summed E-state index contributed by atoms with van der Waals surface area (Å²) < 4.78 is 29.5. The minimum Gasteiger partial charge on any atom is -0.350 e. The zero-order valence-electron chi connectivity index (χ0n) is 18.2. The molecule has 168 valence electrons. The van der Waals surface area contributed by atoms with Gasteiger partial charge in [0, 0.05) is 38.3 Å². The van der Waals surface area contributed by atoms with Crippen molar-refractivity contribution in [1.82, 2.24) is 14.2 Å². The average Bonchev–Trinajstić information content (AvgIpc) is 2.80. The zero-order valence-corrected chi connectivity index (χ0v) is 19.1. The Kier molecular flexibility index (Phi) is 6.17. The first kappa shape index (κ1) is 22.2. The molecule has 1 N–H and O–H groups in total. The molecule has 3 aromatic rings. The van der Waals surface area contributed by atoms with E-state index in [1.807, 2.05) is 30.3 Å². The summed E-state index contributed by atoms with van der Waals surface area (Å²) in [5, 5.41) is 2.98. The van der Waals surface area contributed by atoms with Crippen molar-refractivity contribution in [2.24, 2.45) is 13.0 Å². The van der Waals surface area contributed by atoms with Gasteiger partial charge >= 0.3 is 0 Å². The third-order valence-corrected chi connectivity index (χ3v) is 7.98. The first-order valence-electron chi connectivity index (χ1n) is 10.7. The number of pyridine rings is 1. The third kappa shape index (κ3) is 4.33. The van der Waals surface area contributed by atoms with Crippen molar-refractivity contribution in [1.29, 1.82) is 0 Å². The molecular weight excluding hydrogens is 426 g/mol. The first-order valence-corrected chi connectivity index (χ1v) is 12.2. The van der Waals surface area contributed by atoms with E-state index in [-0.39, 0.29) is 15.8 Å². The lowest BCUT2D eigenvalue weighted by molar-refractivity contribution is 0.0949. The largest absolute Gasteiger partial charge is 0.350 e. The highest BCUT2D eigenvalue weighted by Gasteiger charge is 2.28. The number of carbonyl (C=O) groups is 1. The number of rotatable bonds is 5. The molecule has 0 unspecified atom stereocenters.